The van der Waals surface area contributed by atoms with Gasteiger partial charge in [-0.05, 0) is 31.2 Å². The van der Waals surface area contributed by atoms with Crippen LogP contribution in [0.25, 0.3) is 0 Å². The van der Waals surface area contributed by atoms with Crippen LogP contribution in [0.4, 0.5) is 9.80 Å². The number of ether oxygens (including phenoxy) is 1. The monoisotopic (exact) mass is 296 g/mol. The molecule has 1 fully saturated rings. The highest BCUT2D eigenvalue weighted by molar-refractivity contribution is 7.17. The molecule has 1 aromatic rings. The Morgan fingerprint density at radius 1 is 1.35 bits per heavy atom. The number of hydrogen-bond acceptors (Lipinski definition) is 4. The Morgan fingerprint density at radius 3 is 2.90 bits per heavy atom. The molecule has 1 atom stereocenters. The quantitative estimate of drug-likeness (QED) is 0.794. The molecule has 1 aliphatic carbocycles. The molecule has 2 amide bonds. The number of nitrogens with one attached hydrogen (secondary N) is 2. The molecule has 20 heavy (non-hydrogen) atoms. The predicted molar refractivity (Wildman–Crippen MR) is 74.7 cm³/mol. The van der Waals surface area contributed by atoms with Crippen LogP contribution in [0.2, 0.25) is 0 Å². The SMILES string of the molecule is O=C(Nc1sc2c(c1C(=O)O)CCC2)NC1CCOC1. The molecule has 1 aromatic heterocycles. The average Bonchev–Trinajstić information content (AvgIpc) is 3.04. The van der Waals surface area contributed by atoms with Crippen molar-refractivity contribution in [3.8, 4) is 0 Å². The maximum Gasteiger partial charge on any atom is 0.339 e. The first-order valence-corrected chi connectivity index (χ1v) is 7.50. The Kier molecular flexibility index (Phi) is 3.62. The molecule has 0 saturated carbocycles. The summed E-state index contributed by atoms with van der Waals surface area (Å²) in [4.78, 5) is 24.4. The van der Waals surface area contributed by atoms with Gasteiger partial charge in [0, 0.05) is 11.5 Å². The molecule has 2 aliphatic rings. The lowest BCUT2D eigenvalue weighted by Crippen LogP contribution is -2.38. The number of thiophene rings is 1. The van der Waals surface area contributed by atoms with Crippen molar-refractivity contribution in [2.75, 3.05) is 18.5 Å². The molecule has 2 heterocycles. The van der Waals surface area contributed by atoms with Crippen molar-refractivity contribution in [3.63, 3.8) is 0 Å². The zero-order valence-corrected chi connectivity index (χ0v) is 11.7. The highest BCUT2D eigenvalue weighted by Crippen LogP contribution is 2.39. The minimum Gasteiger partial charge on any atom is -0.478 e. The van der Waals surface area contributed by atoms with E-state index in [4.69, 9.17) is 4.74 Å². The third-order valence-corrected chi connectivity index (χ3v) is 4.83. The van der Waals surface area contributed by atoms with Crippen LogP contribution >= 0.6 is 11.3 Å². The lowest BCUT2D eigenvalue weighted by molar-refractivity contribution is 0.0697. The Labute approximate surface area is 120 Å². The van der Waals surface area contributed by atoms with Crippen LogP contribution in [0.3, 0.4) is 0 Å². The number of anilines is 1. The molecule has 3 N–H and O–H groups in total. The van der Waals surface area contributed by atoms with Crippen molar-refractivity contribution in [3.05, 3.63) is 16.0 Å². The number of aromatic carboxylic acids is 1. The summed E-state index contributed by atoms with van der Waals surface area (Å²) in [5.74, 6) is -0.969. The van der Waals surface area contributed by atoms with E-state index in [0.717, 1.165) is 36.1 Å². The number of fused-ring (bicyclic) bond motifs is 1. The van der Waals surface area contributed by atoms with Gasteiger partial charge in [-0.2, -0.15) is 0 Å². The summed E-state index contributed by atoms with van der Waals surface area (Å²) in [5, 5.41) is 15.3. The number of rotatable bonds is 3. The molecule has 0 bridgehead atoms. The summed E-state index contributed by atoms with van der Waals surface area (Å²) < 4.78 is 5.19. The van der Waals surface area contributed by atoms with E-state index in [-0.39, 0.29) is 17.6 Å². The van der Waals surface area contributed by atoms with Gasteiger partial charge in [0.25, 0.3) is 0 Å². The van der Waals surface area contributed by atoms with Gasteiger partial charge in [0.2, 0.25) is 0 Å². The smallest absolute Gasteiger partial charge is 0.339 e. The lowest BCUT2D eigenvalue weighted by Gasteiger charge is -2.11. The van der Waals surface area contributed by atoms with Crippen LogP contribution in [0, 0.1) is 0 Å². The van der Waals surface area contributed by atoms with Crippen molar-refractivity contribution in [1.29, 1.82) is 0 Å². The molecule has 6 nitrogen and oxygen atoms in total. The normalized spacial score (nSPS) is 20.7. The van der Waals surface area contributed by atoms with Gasteiger partial charge < -0.3 is 15.2 Å². The number of carbonyl (C=O) groups excluding carboxylic acids is 1. The van der Waals surface area contributed by atoms with Crippen LogP contribution in [0.15, 0.2) is 0 Å². The zero-order valence-electron chi connectivity index (χ0n) is 10.9. The second-order valence-electron chi connectivity index (χ2n) is 5.03. The number of urea groups is 1. The fraction of sp³-hybridized carbons (Fsp3) is 0.538. The first-order valence-electron chi connectivity index (χ1n) is 6.68. The maximum atomic E-state index is 11.9. The number of aryl methyl sites for hydroxylation is 1. The molecule has 0 aromatic carbocycles. The highest BCUT2D eigenvalue weighted by atomic mass is 32.1. The van der Waals surface area contributed by atoms with Crippen LogP contribution in [0.1, 0.15) is 33.6 Å². The average molecular weight is 296 g/mol. The van der Waals surface area contributed by atoms with Gasteiger partial charge in [0.15, 0.2) is 0 Å². The number of carbonyl (C=O) groups is 2. The van der Waals surface area contributed by atoms with E-state index in [0.29, 0.717) is 18.2 Å². The molecule has 3 rings (SSSR count). The zero-order chi connectivity index (χ0) is 14.1. The van der Waals surface area contributed by atoms with E-state index in [9.17, 15) is 14.7 Å². The Bertz CT molecular complexity index is 549. The van der Waals surface area contributed by atoms with Gasteiger partial charge in [-0.3, -0.25) is 5.32 Å². The minimum atomic E-state index is -0.969. The Hall–Kier alpha value is -1.60. The van der Waals surface area contributed by atoms with E-state index in [1.165, 1.54) is 11.3 Å². The Balaban J connectivity index is 1.73. The third-order valence-electron chi connectivity index (χ3n) is 3.63. The Morgan fingerprint density at radius 2 is 2.20 bits per heavy atom. The van der Waals surface area contributed by atoms with Gasteiger partial charge in [-0.25, -0.2) is 9.59 Å². The standard InChI is InChI=1S/C13H16N2O4S/c16-12(17)10-8-2-1-3-9(8)20-11(10)15-13(18)14-7-4-5-19-6-7/h7H,1-6H2,(H,16,17)(H2,14,15,18). The number of amides is 2. The van der Waals surface area contributed by atoms with Crippen molar-refractivity contribution in [2.45, 2.75) is 31.7 Å². The summed E-state index contributed by atoms with van der Waals surface area (Å²) >= 11 is 1.38. The summed E-state index contributed by atoms with van der Waals surface area (Å²) in [6.07, 6.45) is 3.47. The van der Waals surface area contributed by atoms with Crippen LogP contribution in [-0.4, -0.2) is 36.4 Å². The van der Waals surface area contributed by atoms with Crippen molar-refractivity contribution < 1.29 is 19.4 Å². The van der Waals surface area contributed by atoms with E-state index in [1.54, 1.807) is 0 Å². The molecule has 1 saturated heterocycles. The van der Waals surface area contributed by atoms with Crippen molar-refractivity contribution >= 4 is 28.3 Å². The second kappa shape index (κ2) is 5.41. The molecular formula is C13H16N2O4S. The molecule has 7 heteroatoms. The molecule has 1 unspecified atom stereocenters. The van der Waals surface area contributed by atoms with Gasteiger partial charge in [0.05, 0.1) is 18.2 Å². The molecule has 0 spiro atoms. The van der Waals surface area contributed by atoms with Crippen LogP contribution < -0.4 is 10.6 Å². The molecule has 108 valence electrons. The highest BCUT2D eigenvalue weighted by Gasteiger charge is 2.27. The van der Waals surface area contributed by atoms with Gasteiger partial charge in [-0.15, -0.1) is 11.3 Å². The number of carboxylic acid groups (broad SMARTS) is 1. The van der Waals surface area contributed by atoms with Gasteiger partial charge in [-0.1, -0.05) is 0 Å². The van der Waals surface area contributed by atoms with Crippen LogP contribution in [0.5, 0.6) is 0 Å². The predicted octanol–water partition coefficient (Wildman–Crippen LogP) is 1.85. The fourth-order valence-corrected chi connectivity index (χ4v) is 3.97. The topological polar surface area (TPSA) is 87.7 Å². The number of carboxylic acids is 1. The molecular weight excluding hydrogens is 280 g/mol. The maximum absolute atomic E-state index is 11.9. The molecule has 1 aliphatic heterocycles. The van der Waals surface area contributed by atoms with Crippen LogP contribution in [-0.2, 0) is 17.6 Å². The van der Waals surface area contributed by atoms with Crippen molar-refractivity contribution in [2.24, 2.45) is 0 Å². The van der Waals surface area contributed by atoms with E-state index in [2.05, 4.69) is 10.6 Å². The van der Waals surface area contributed by atoms with Gasteiger partial charge in [0.1, 0.15) is 5.00 Å². The lowest BCUT2D eigenvalue weighted by atomic mass is 10.1. The molecule has 0 radical (unpaired) electrons. The van der Waals surface area contributed by atoms with Crippen molar-refractivity contribution in [1.82, 2.24) is 5.32 Å². The summed E-state index contributed by atoms with van der Waals surface area (Å²) in [6, 6.07) is -0.349. The first kappa shape index (κ1) is 13.4. The fourth-order valence-electron chi connectivity index (χ4n) is 2.69. The first-order chi connectivity index (χ1) is 9.65. The summed E-state index contributed by atoms with van der Waals surface area (Å²) in [5.41, 5.74) is 1.15. The summed E-state index contributed by atoms with van der Waals surface area (Å²) in [7, 11) is 0. The van der Waals surface area contributed by atoms with E-state index >= 15 is 0 Å². The minimum absolute atomic E-state index is 0.00934. The van der Waals surface area contributed by atoms with Gasteiger partial charge >= 0.3 is 12.0 Å². The van der Waals surface area contributed by atoms with E-state index in [1.807, 2.05) is 0 Å². The summed E-state index contributed by atoms with van der Waals surface area (Å²) in [6.45, 7) is 1.17. The third kappa shape index (κ3) is 2.51. The van der Waals surface area contributed by atoms with E-state index < -0.39 is 5.97 Å². The second-order valence-corrected chi connectivity index (χ2v) is 6.13. The number of hydrogen-bond donors (Lipinski definition) is 3. The largest absolute Gasteiger partial charge is 0.478 e.